The van der Waals surface area contributed by atoms with Gasteiger partial charge in [0.25, 0.3) is 0 Å². The summed E-state index contributed by atoms with van der Waals surface area (Å²) < 4.78 is 0. The van der Waals surface area contributed by atoms with Crippen molar-refractivity contribution in [2.75, 3.05) is 25.9 Å². The van der Waals surface area contributed by atoms with Crippen LogP contribution in [0.2, 0.25) is 0 Å². The topological polar surface area (TPSA) is 79.5 Å². The maximum absolute atomic E-state index is 12.0. The molecular weight excluding hydrogens is 268 g/mol. The number of hydrogen-bond acceptors (Lipinski definition) is 4. The van der Waals surface area contributed by atoms with Gasteiger partial charge in [-0.1, -0.05) is 6.07 Å². The number of benzene rings is 1. The van der Waals surface area contributed by atoms with Crippen LogP contribution in [0.25, 0.3) is 10.9 Å². The fraction of sp³-hybridized carbons (Fsp3) is 0.267. The molecule has 6 heteroatoms. The van der Waals surface area contributed by atoms with Gasteiger partial charge in [-0.25, -0.2) is 0 Å². The van der Waals surface area contributed by atoms with Crippen molar-refractivity contribution < 1.29 is 9.59 Å². The van der Waals surface area contributed by atoms with Crippen LogP contribution in [0.5, 0.6) is 0 Å². The predicted molar refractivity (Wildman–Crippen MR) is 79.2 cm³/mol. The Labute approximate surface area is 122 Å². The molecule has 2 heterocycles. The minimum Gasteiger partial charge on any atom is -0.398 e. The first-order chi connectivity index (χ1) is 10.1. The molecule has 0 saturated carbocycles. The number of nitrogens with two attached hydrogens (primary N) is 1. The summed E-state index contributed by atoms with van der Waals surface area (Å²) in [5, 5.41) is 0.864. The van der Waals surface area contributed by atoms with Gasteiger partial charge >= 0.3 is 11.8 Å². The highest BCUT2D eigenvalue weighted by Gasteiger charge is 2.30. The van der Waals surface area contributed by atoms with Crippen molar-refractivity contribution in [3.63, 3.8) is 0 Å². The highest BCUT2D eigenvalue weighted by atomic mass is 16.2. The lowest BCUT2D eigenvalue weighted by Gasteiger charge is -2.31. The van der Waals surface area contributed by atoms with Crippen molar-refractivity contribution in [1.29, 1.82) is 0 Å². The Morgan fingerprint density at radius 1 is 1.19 bits per heavy atom. The van der Waals surface area contributed by atoms with Gasteiger partial charge in [-0.15, -0.1) is 0 Å². The van der Waals surface area contributed by atoms with Crippen molar-refractivity contribution in [3.05, 3.63) is 36.0 Å². The number of carbonyl (C=O) groups is 2. The quantitative estimate of drug-likeness (QED) is 0.647. The number of fused-ring (bicyclic) bond motifs is 1. The Morgan fingerprint density at radius 3 is 2.81 bits per heavy atom. The fourth-order valence-electron chi connectivity index (χ4n) is 2.51. The van der Waals surface area contributed by atoms with Crippen LogP contribution in [-0.4, -0.2) is 46.7 Å². The minimum atomic E-state index is -0.468. The molecular formula is C15H16N4O2. The third-order valence-electron chi connectivity index (χ3n) is 3.77. The largest absolute Gasteiger partial charge is 0.398 e. The number of carbonyl (C=O) groups excluding carboxylic acids is 2. The van der Waals surface area contributed by atoms with E-state index in [1.165, 1.54) is 4.90 Å². The number of likely N-dealkylation sites (N-methyl/N-ethyl adjacent to an activating group) is 1. The van der Waals surface area contributed by atoms with E-state index in [0.29, 0.717) is 25.3 Å². The predicted octanol–water partition coefficient (Wildman–Crippen LogP) is 0.618. The maximum Gasteiger partial charge on any atom is 0.312 e. The molecule has 3 rings (SSSR count). The van der Waals surface area contributed by atoms with Crippen LogP contribution in [0, 0.1) is 0 Å². The number of piperazine rings is 1. The van der Waals surface area contributed by atoms with E-state index in [1.54, 1.807) is 18.1 Å². The third-order valence-corrected chi connectivity index (χ3v) is 3.77. The Hall–Kier alpha value is -2.63. The molecule has 0 unspecified atom stereocenters. The number of amides is 2. The first kappa shape index (κ1) is 13.4. The standard InChI is InChI=1S/C15H16N4O2/c1-18-7-8-19(15(21)14(18)20)9-10-4-5-12(16)11-3-2-6-17-13(10)11/h2-6H,7-9,16H2,1H3. The Morgan fingerprint density at radius 2 is 2.00 bits per heavy atom. The summed E-state index contributed by atoms with van der Waals surface area (Å²) in [6.07, 6.45) is 1.70. The molecule has 2 N–H and O–H groups in total. The molecule has 6 nitrogen and oxygen atoms in total. The zero-order valence-electron chi connectivity index (χ0n) is 11.7. The van der Waals surface area contributed by atoms with Crippen molar-refractivity contribution in [2.45, 2.75) is 6.54 Å². The van der Waals surface area contributed by atoms with Gasteiger partial charge in [-0.3, -0.25) is 14.6 Å². The summed E-state index contributed by atoms with van der Waals surface area (Å²) in [6.45, 7) is 1.44. The van der Waals surface area contributed by atoms with Crippen molar-refractivity contribution in [1.82, 2.24) is 14.8 Å². The highest BCUT2D eigenvalue weighted by Crippen LogP contribution is 2.24. The van der Waals surface area contributed by atoms with Gasteiger partial charge in [0.15, 0.2) is 0 Å². The van der Waals surface area contributed by atoms with E-state index >= 15 is 0 Å². The molecule has 2 amide bonds. The van der Waals surface area contributed by atoms with Crippen molar-refractivity contribution in [2.24, 2.45) is 0 Å². The van der Waals surface area contributed by atoms with E-state index in [2.05, 4.69) is 4.98 Å². The number of anilines is 1. The number of pyridine rings is 1. The zero-order valence-corrected chi connectivity index (χ0v) is 11.7. The van der Waals surface area contributed by atoms with E-state index < -0.39 is 11.8 Å². The first-order valence-corrected chi connectivity index (χ1v) is 6.74. The second kappa shape index (κ2) is 5.05. The minimum absolute atomic E-state index is 0.367. The summed E-state index contributed by atoms with van der Waals surface area (Å²) in [4.78, 5) is 31.1. The van der Waals surface area contributed by atoms with Gasteiger partial charge in [-0.2, -0.15) is 0 Å². The molecule has 0 atom stereocenters. The first-order valence-electron chi connectivity index (χ1n) is 6.74. The van der Waals surface area contributed by atoms with Gasteiger partial charge in [0, 0.05) is 44.0 Å². The molecule has 1 aliphatic rings. The molecule has 21 heavy (non-hydrogen) atoms. The van der Waals surface area contributed by atoms with Crippen LogP contribution >= 0.6 is 0 Å². The van der Waals surface area contributed by atoms with Crippen molar-refractivity contribution in [3.8, 4) is 0 Å². The molecule has 2 aromatic rings. The van der Waals surface area contributed by atoms with Crippen LogP contribution in [0.1, 0.15) is 5.56 Å². The second-order valence-corrected chi connectivity index (χ2v) is 5.17. The molecule has 1 aromatic carbocycles. The molecule has 0 radical (unpaired) electrons. The summed E-state index contributed by atoms with van der Waals surface area (Å²) in [5.41, 5.74) is 8.27. The monoisotopic (exact) mass is 284 g/mol. The SMILES string of the molecule is CN1CCN(Cc2ccc(N)c3cccnc23)C(=O)C1=O. The van der Waals surface area contributed by atoms with E-state index in [9.17, 15) is 9.59 Å². The molecule has 1 aliphatic heterocycles. The Bertz CT molecular complexity index is 729. The second-order valence-electron chi connectivity index (χ2n) is 5.17. The molecule has 0 aliphatic carbocycles. The van der Waals surface area contributed by atoms with E-state index in [-0.39, 0.29) is 0 Å². The fourth-order valence-corrected chi connectivity index (χ4v) is 2.51. The maximum atomic E-state index is 12.0. The highest BCUT2D eigenvalue weighted by molar-refractivity contribution is 6.35. The normalized spacial score (nSPS) is 15.9. The number of nitrogen functional groups attached to an aromatic ring is 1. The molecule has 0 spiro atoms. The Kier molecular flexibility index (Phi) is 3.21. The summed E-state index contributed by atoms with van der Waals surface area (Å²) in [6, 6.07) is 7.40. The molecule has 1 aromatic heterocycles. The van der Waals surface area contributed by atoms with E-state index in [1.807, 2.05) is 24.3 Å². The average Bonchev–Trinajstić information content (AvgIpc) is 2.50. The summed E-state index contributed by atoms with van der Waals surface area (Å²) >= 11 is 0. The van der Waals surface area contributed by atoms with E-state index in [4.69, 9.17) is 5.73 Å². The van der Waals surface area contributed by atoms with E-state index in [0.717, 1.165) is 16.5 Å². The van der Waals surface area contributed by atoms with Crippen LogP contribution < -0.4 is 5.73 Å². The number of aromatic nitrogens is 1. The van der Waals surface area contributed by atoms with Gasteiger partial charge in [-0.05, 0) is 23.8 Å². The lowest BCUT2D eigenvalue weighted by Crippen LogP contribution is -2.52. The molecule has 108 valence electrons. The van der Waals surface area contributed by atoms with Crippen LogP contribution in [-0.2, 0) is 16.1 Å². The molecule has 1 saturated heterocycles. The van der Waals surface area contributed by atoms with Gasteiger partial charge in [0.1, 0.15) is 0 Å². The number of rotatable bonds is 2. The number of nitrogens with zero attached hydrogens (tertiary/aromatic N) is 3. The Balaban J connectivity index is 1.94. The summed E-state index contributed by atoms with van der Waals surface area (Å²) in [5.74, 6) is -0.932. The van der Waals surface area contributed by atoms with Gasteiger partial charge in [0.2, 0.25) is 0 Å². The van der Waals surface area contributed by atoms with Gasteiger partial charge in [0.05, 0.1) is 5.52 Å². The number of hydrogen-bond donors (Lipinski definition) is 1. The lowest BCUT2D eigenvalue weighted by atomic mass is 10.1. The molecule has 1 fully saturated rings. The third kappa shape index (κ3) is 2.29. The van der Waals surface area contributed by atoms with Crippen LogP contribution in [0.15, 0.2) is 30.5 Å². The van der Waals surface area contributed by atoms with Crippen LogP contribution in [0.3, 0.4) is 0 Å². The molecule has 0 bridgehead atoms. The average molecular weight is 284 g/mol. The smallest absolute Gasteiger partial charge is 0.312 e. The lowest BCUT2D eigenvalue weighted by molar-refractivity contribution is -0.155. The zero-order chi connectivity index (χ0) is 15.0. The van der Waals surface area contributed by atoms with Crippen molar-refractivity contribution >= 4 is 28.4 Å². The summed E-state index contributed by atoms with van der Waals surface area (Å²) in [7, 11) is 1.64. The van der Waals surface area contributed by atoms with Crippen LogP contribution in [0.4, 0.5) is 5.69 Å². The van der Waals surface area contributed by atoms with Gasteiger partial charge < -0.3 is 15.5 Å².